The van der Waals surface area contributed by atoms with Gasteiger partial charge >= 0.3 is 0 Å². The lowest BCUT2D eigenvalue weighted by Gasteiger charge is -2.20. The van der Waals surface area contributed by atoms with E-state index in [2.05, 4.69) is 15.4 Å². The Hall–Kier alpha value is -2.21. The molecule has 6 heteroatoms. The zero-order chi connectivity index (χ0) is 17.5. The maximum atomic E-state index is 12.4. The number of hydrogen-bond donors (Lipinski definition) is 1. The Bertz CT molecular complexity index is 647. The van der Waals surface area contributed by atoms with Crippen molar-refractivity contribution in [2.45, 2.75) is 64.2 Å². The highest BCUT2D eigenvalue weighted by Gasteiger charge is 2.20. The Morgan fingerprint density at radius 1 is 1.24 bits per heavy atom. The fraction of sp³-hybridized carbons (Fsp3) is 0.526. The number of nitrogens with one attached hydrogen (secondary N) is 1. The molecule has 0 spiro atoms. The molecule has 1 aliphatic rings. The third-order valence-electron chi connectivity index (χ3n) is 4.60. The lowest BCUT2D eigenvalue weighted by atomic mass is 10.1. The van der Waals surface area contributed by atoms with E-state index in [1.807, 2.05) is 31.2 Å². The largest absolute Gasteiger partial charge is 0.365 e. The number of benzene rings is 1. The SMILES string of the molecule is C[C@@H](OC1CCCCCC1)C(=O)Nc1ccc(Cn2cncn2)cc1. The molecule has 1 saturated carbocycles. The Labute approximate surface area is 148 Å². The fourth-order valence-corrected chi connectivity index (χ4v) is 3.17. The number of hydrogen-bond acceptors (Lipinski definition) is 4. The van der Waals surface area contributed by atoms with Gasteiger partial charge < -0.3 is 10.1 Å². The van der Waals surface area contributed by atoms with Crippen molar-refractivity contribution in [2.24, 2.45) is 0 Å². The predicted octanol–water partition coefficient (Wildman–Crippen LogP) is 3.39. The van der Waals surface area contributed by atoms with Crippen LogP contribution in [0, 0.1) is 0 Å². The number of carbonyl (C=O) groups is 1. The monoisotopic (exact) mass is 342 g/mol. The number of amides is 1. The zero-order valence-corrected chi connectivity index (χ0v) is 14.7. The molecule has 0 saturated heterocycles. The zero-order valence-electron chi connectivity index (χ0n) is 14.7. The molecular weight excluding hydrogens is 316 g/mol. The number of carbonyl (C=O) groups excluding carboxylic acids is 1. The molecule has 0 unspecified atom stereocenters. The molecule has 1 aliphatic carbocycles. The Balaban J connectivity index is 1.49. The Morgan fingerprint density at radius 2 is 1.96 bits per heavy atom. The van der Waals surface area contributed by atoms with Crippen molar-refractivity contribution < 1.29 is 9.53 Å². The quantitative estimate of drug-likeness (QED) is 0.817. The molecule has 1 N–H and O–H groups in total. The molecule has 1 amide bonds. The summed E-state index contributed by atoms with van der Waals surface area (Å²) in [7, 11) is 0. The van der Waals surface area contributed by atoms with E-state index < -0.39 is 6.10 Å². The highest BCUT2D eigenvalue weighted by molar-refractivity contribution is 5.93. The summed E-state index contributed by atoms with van der Waals surface area (Å²) in [6, 6.07) is 7.77. The summed E-state index contributed by atoms with van der Waals surface area (Å²) in [4.78, 5) is 16.3. The number of aromatic nitrogens is 3. The van der Waals surface area contributed by atoms with Crippen LogP contribution < -0.4 is 5.32 Å². The molecule has 1 heterocycles. The first kappa shape index (κ1) is 17.6. The van der Waals surface area contributed by atoms with Crippen molar-refractivity contribution in [1.82, 2.24) is 14.8 Å². The molecule has 1 fully saturated rings. The topological polar surface area (TPSA) is 69.0 Å². The maximum absolute atomic E-state index is 12.4. The molecular formula is C19H26N4O2. The number of ether oxygens (including phenoxy) is 1. The Morgan fingerprint density at radius 3 is 2.60 bits per heavy atom. The van der Waals surface area contributed by atoms with Gasteiger partial charge in [-0.15, -0.1) is 0 Å². The molecule has 134 valence electrons. The van der Waals surface area contributed by atoms with Gasteiger partial charge in [0.2, 0.25) is 0 Å². The highest BCUT2D eigenvalue weighted by Crippen LogP contribution is 2.21. The molecule has 1 atom stereocenters. The van der Waals surface area contributed by atoms with Crippen molar-refractivity contribution in [3.8, 4) is 0 Å². The first-order chi connectivity index (χ1) is 12.2. The van der Waals surface area contributed by atoms with E-state index in [0.29, 0.717) is 6.54 Å². The van der Waals surface area contributed by atoms with Crippen molar-refractivity contribution in [3.05, 3.63) is 42.5 Å². The average molecular weight is 342 g/mol. The van der Waals surface area contributed by atoms with Crippen LogP contribution in [0.3, 0.4) is 0 Å². The summed E-state index contributed by atoms with van der Waals surface area (Å²) in [6.45, 7) is 2.49. The summed E-state index contributed by atoms with van der Waals surface area (Å²) in [6.07, 6.45) is 10.1. The molecule has 1 aromatic heterocycles. The van der Waals surface area contributed by atoms with Gasteiger partial charge in [-0.2, -0.15) is 5.10 Å². The Kier molecular flexibility index (Phi) is 6.17. The molecule has 0 aliphatic heterocycles. The van der Waals surface area contributed by atoms with E-state index in [-0.39, 0.29) is 12.0 Å². The first-order valence-electron chi connectivity index (χ1n) is 9.08. The van der Waals surface area contributed by atoms with Crippen LogP contribution in [-0.2, 0) is 16.1 Å². The predicted molar refractivity (Wildman–Crippen MR) is 96.2 cm³/mol. The van der Waals surface area contributed by atoms with Crippen molar-refractivity contribution in [1.29, 1.82) is 0 Å². The minimum Gasteiger partial charge on any atom is -0.365 e. The second-order valence-corrected chi connectivity index (χ2v) is 6.67. The minimum absolute atomic E-state index is 0.0896. The van der Waals surface area contributed by atoms with Gasteiger partial charge in [0, 0.05) is 5.69 Å². The molecule has 1 aromatic carbocycles. The van der Waals surface area contributed by atoms with Gasteiger partial charge in [-0.25, -0.2) is 9.67 Å². The van der Waals surface area contributed by atoms with Gasteiger partial charge in [0.05, 0.1) is 12.6 Å². The van der Waals surface area contributed by atoms with Crippen molar-refractivity contribution in [2.75, 3.05) is 5.32 Å². The first-order valence-corrected chi connectivity index (χ1v) is 9.08. The van der Waals surface area contributed by atoms with Crippen molar-refractivity contribution >= 4 is 11.6 Å². The molecule has 2 aromatic rings. The van der Waals surface area contributed by atoms with E-state index in [1.165, 1.54) is 32.0 Å². The molecule has 25 heavy (non-hydrogen) atoms. The van der Waals surface area contributed by atoms with Crippen LogP contribution in [-0.4, -0.2) is 32.9 Å². The molecule has 0 radical (unpaired) electrons. The summed E-state index contributed by atoms with van der Waals surface area (Å²) in [5.41, 5.74) is 1.88. The summed E-state index contributed by atoms with van der Waals surface area (Å²) in [5, 5.41) is 7.02. The highest BCUT2D eigenvalue weighted by atomic mass is 16.5. The van der Waals surface area contributed by atoms with Crippen molar-refractivity contribution in [3.63, 3.8) is 0 Å². The summed E-state index contributed by atoms with van der Waals surface area (Å²) < 4.78 is 7.73. The lowest BCUT2D eigenvalue weighted by Crippen LogP contribution is -2.31. The molecule has 6 nitrogen and oxygen atoms in total. The van der Waals surface area contributed by atoms with E-state index in [4.69, 9.17) is 4.74 Å². The van der Waals surface area contributed by atoms with Crippen LogP contribution >= 0.6 is 0 Å². The van der Waals surface area contributed by atoms with Gasteiger partial charge in [-0.3, -0.25) is 4.79 Å². The summed E-state index contributed by atoms with van der Waals surface area (Å²) >= 11 is 0. The third kappa shape index (κ3) is 5.39. The van der Waals surface area contributed by atoms with Gasteiger partial charge in [0.15, 0.2) is 0 Å². The van der Waals surface area contributed by atoms with Crippen LogP contribution in [0.15, 0.2) is 36.9 Å². The minimum atomic E-state index is -0.432. The third-order valence-corrected chi connectivity index (χ3v) is 4.60. The smallest absolute Gasteiger partial charge is 0.253 e. The lowest BCUT2D eigenvalue weighted by molar-refractivity contribution is -0.130. The molecule has 3 rings (SSSR count). The second kappa shape index (κ2) is 8.76. The standard InChI is InChI=1S/C19H26N4O2/c1-15(25-18-6-4-2-3-5-7-18)19(24)22-17-10-8-16(9-11-17)12-23-14-20-13-21-23/h8-11,13-15,18H,2-7,12H2,1H3,(H,22,24)/t15-/m1/s1. The number of nitrogens with zero attached hydrogens (tertiary/aromatic N) is 3. The van der Waals surface area contributed by atoms with Crippen LogP contribution in [0.2, 0.25) is 0 Å². The van der Waals surface area contributed by atoms with Crippen LogP contribution in [0.1, 0.15) is 51.0 Å². The number of anilines is 1. The van der Waals surface area contributed by atoms with Crippen LogP contribution in [0.25, 0.3) is 0 Å². The number of rotatable bonds is 6. The van der Waals surface area contributed by atoms with Crippen LogP contribution in [0.5, 0.6) is 0 Å². The van der Waals surface area contributed by atoms with Gasteiger partial charge in [0.25, 0.3) is 5.91 Å². The van der Waals surface area contributed by atoms with E-state index >= 15 is 0 Å². The maximum Gasteiger partial charge on any atom is 0.253 e. The normalized spacial score (nSPS) is 17.0. The van der Waals surface area contributed by atoms with Gasteiger partial charge in [-0.05, 0) is 37.5 Å². The second-order valence-electron chi connectivity index (χ2n) is 6.67. The van der Waals surface area contributed by atoms with E-state index in [1.54, 1.807) is 11.0 Å². The van der Waals surface area contributed by atoms with E-state index in [9.17, 15) is 4.79 Å². The average Bonchev–Trinajstić information content (AvgIpc) is 2.99. The summed E-state index contributed by atoms with van der Waals surface area (Å²) in [5.74, 6) is -0.0896. The van der Waals surface area contributed by atoms with E-state index in [0.717, 1.165) is 24.1 Å². The molecule has 0 bridgehead atoms. The van der Waals surface area contributed by atoms with Crippen LogP contribution in [0.4, 0.5) is 5.69 Å². The fourth-order valence-electron chi connectivity index (χ4n) is 3.17. The van der Waals surface area contributed by atoms with Gasteiger partial charge in [0.1, 0.15) is 18.8 Å². The van der Waals surface area contributed by atoms with Gasteiger partial charge in [-0.1, -0.05) is 37.8 Å².